The molecule has 9 atom stereocenters. The molecule has 0 bridgehead atoms. The van der Waals surface area contributed by atoms with E-state index in [9.17, 15) is 79.1 Å². The Balaban J connectivity index is 1.87. The molecule has 0 radical (unpaired) electrons. The number of amides is 11. The minimum absolute atomic E-state index is 0.0326. The Kier molecular flexibility index (Phi) is 28.8. The maximum Gasteiger partial charge on any atom is 0.417 e. The van der Waals surface area contributed by atoms with Crippen LogP contribution in [0.5, 0.6) is 0 Å². The number of hydrogen-bond donors (Lipinski definition) is 4. The van der Waals surface area contributed by atoms with Crippen LogP contribution in [-0.4, -0.2) is 215 Å². The van der Waals surface area contributed by atoms with Gasteiger partial charge in [0, 0.05) is 67.7 Å². The van der Waals surface area contributed by atoms with Crippen LogP contribution in [-0.2, 0) is 77.9 Å². The van der Waals surface area contributed by atoms with Crippen LogP contribution in [0.4, 0.5) is 26.3 Å². The summed E-state index contributed by atoms with van der Waals surface area (Å²) < 4.78 is 82.6. The molecule has 4 rings (SSSR count). The first-order chi connectivity index (χ1) is 44.3. The van der Waals surface area contributed by atoms with Crippen molar-refractivity contribution in [3.63, 3.8) is 0 Å². The van der Waals surface area contributed by atoms with Gasteiger partial charge >= 0.3 is 12.4 Å². The molecule has 2 aromatic rings. The van der Waals surface area contributed by atoms with E-state index >= 15 is 0 Å². The number of fused-ring (bicyclic) bond motifs is 1. The molecule has 0 aromatic heterocycles. The Morgan fingerprint density at radius 3 is 1.65 bits per heavy atom. The third kappa shape index (κ3) is 21.5. The van der Waals surface area contributed by atoms with Gasteiger partial charge in [0.25, 0.3) is 0 Å². The van der Waals surface area contributed by atoms with Crippen molar-refractivity contribution in [3.8, 4) is 0 Å². The summed E-state index contributed by atoms with van der Waals surface area (Å²) in [5.74, 6) is -9.54. The number of alkyl halides is 6. The second-order valence-corrected chi connectivity index (χ2v) is 27.8. The molecule has 29 heteroatoms. The number of rotatable bonds is 13. The Morgan fingerprint density at radius 1 is 0.583 bits per heavy atom. The van der Waals surface area contributed by atoms with E-state index in [2.05, 4.69) is 21.3 Å². The highest BCUT2D eigenvalue weighted by molar-refractivity contribution is 6.31. The minimum Gasteiger partial charge on any atom is -0.343 e. The molecular weight excluding hydrogens is 1280 g/mol. The summed E-state index contributed by atoms with van der Waals surface area (Å²) in [6, 6.07) is -3.42. The Bertz CT molecular complexity index is 3130. The quantitative estimate of drug-likeness (QED) is 0.161. The predicted octanol–water partition coefficient (Wildman–Crippen LogP) is 6.34. The number of aryl methyl sites for hydroxylation is 1. The third-order valence-corrected chi connectivity index (χ3v) is 18.4. The summed E-state index contributed by atoms with van der Waals surface area (Å²) in [5.41, 5.74) is -3.53. The van der Waals surface area contributed by atoms with Crippen molar-refractivity contribution in [1.82, 2.24) is 55.6 Å². The van der Waals surface area contributed by atoms with E-state index in [0.29, 0.717) is 6.42 Å². The molecule has 2 heterocycles. The number of carbonyl (C=O) groups excluding carboxylic acids is 11. The Hall–Kier alpha value is -7.52. The largest absolute Gasteiger partial charge is 0.417 e. The lowest BCUT2D eigenvalue weighted by Gasteiger charge is -2.43. The van der Waals surface area contributed by atoms with Crippen LogP contribution in [0.1, 0.15) is 143 Å². The van der Waals surface area contributed by atoms with E-state index in [0.717, 1.165) is 62.1 Å². The average molecular weight is 1380 g/mol. The number of likely N-dealkylation sites (N-methyl/N-ethyl adjacent to an activating group) is 6. The van der Waals surface area contributed by atoms with E-state index in [1.165, 1.54) is 70.8 Å². The number of halogens is 7. The highest BCUT2D eigenvalue weighted by Gasteiger charge is 2.46. The first-order valence-corrected chi connectivity index (χ1v) is 32.8. The molecule has 11 amide bonds. The van der Waals surface area contributed by atoms with Crippen LogP contribution in [0.3, 0.4) is 0 Å². The van der Waals surface area contributed by atoms with E-state index in [1.54, 1.807) is 34.6 Å². The molecule has 96 heavy (non-hydrogen) atoms. The summed E-state index contributed by atoms with van der Waals surface area (Å²) >= 11 is 6.07. The van der Waals surface area contributed by atoms with Crippen molar-refractivity contribution >= 4 is 76.6 Å². The molecule has 2 aliphatic heterocycles. The molecule has 22 nitrogen and oxygen atoms in total. The SMILES string of the molecule is CC[C@H](C)[C@@H]1NC(=O)[C@H](CC(C)C)N(C)C(=O)C[C@@H](C)N(C)C(=O)[C@H](CC(C)C)NC(=O)C(C)(C)N(C)C(=O)[C@H](CC(C)C)NC(=O)[C@H](CCc2ccc(C(F)(F)F)c(Cl)c2)NC(=O)CN(C)C(=O)[C@H](Cc2ccc(C(F)(F)F)cc2)N(C)C(=O)C2CCN2C(=O)CN(C)C1=O. The van der Waals surface area contributed by atoms with Gasteiger partial charge in [-0.05, 0) is 118 Å². The van der Waals surface area contributed by atoms with Crippen molar-refractivity contribution in [2.24, 2.45) is 23.7 Å². The van der Waals surface area contributed by atoms with Gasteiger partial charge in [0.2, 0.25) is 65.0 Å². The van der Waals surface area contributed by atoms with E-state index in [4.69, 9.17) is 11.6 Å². The fourth-order valence-corrected chi connectivity index (χ4v) is 11.7. The fourth-order valence-electron chi connectivity index (χ4n) is 11.3. The van der Waals surface area contributed by atoms with E-state index < -0.39 is 173 Å². The lowest BCUT2D eigenvalue weighted by atomic mass is 9.95. The van der Waals surface area contributed by atoms with Crippen LogP contribution in [0.15, 0.2) is 42.5 Å². The van der Waals surface area contributed by atoms with Gasteiger partial charge in [0.15, 0.2) is 0 Å². The molecule has 0 saturated carbocycles. The molecular formula is C67H98ClF6N11O11. The van der Waals surface area contributed by atoms with Crippen LogP contribution in [0.2, 0.25) is 5.02 Å². The second-order valence-electron chi connectivity index (χ2n) is 27.4. The smallest absolute Gasteiger partial charge is 0.343 e. The molecule has 0 spiro atoms. The Morgan fingerprint density at radius 2 is 1.14 bits per heavy atom. The van der Waals surface area contributed by atoms with Crippen LogP contribution < -0.4 is 21.3 Å². The number of nitrogens with zero attached hydrogens (tertiary/aromatic N) is 7. The molecule has 2 fully saturated rings. The second kappa shape index (κ2) is 34.1. The van der Waals surface area contributed by atoms with Crippen molar-refractivity contribution < 1.29 is 79.1 Å². The van der Waals surface area contributed by atoms with Crippen molar-refractivity contribution in [2.45, 2.75) is 200 Å². The summed E-state index contributed by atoms with van der Waals surface area (Å²) in [6.45, 7) is 17.4. The number of nitrogens with one attached hydrogen (secondary N) is 4. The summed E-state index contributed by atoms with van der Waals surface area (Å²) in [6.07, 6.45) is -10.1. The molecule has 2 aliphatic rings. The predicted molar refractivity (Wildman–Crippen MR) is 348 cm³/mol. The van der Waals surface area contributed by atoms with Crippen molar-refractivity contribution in [2.75, 3.05) is 61.9 Å². The molecule has 2 saturated heterocycles. The van der Waals surface area contributed by atoms with Gasteiger partial charge < -0.3 is 55.6 Å². The first-order valence-electron chi connectivity index (χ1n) is 32.4. The van der Waals surface area contributed by atoms with Gasteiger partial charge in [-0.3, -0.25) is 52.7 Å². The van der Waals surface area contributed by atoms with Crippen molar-refractivity contribution in [3.05, 3.63) is 69.7 Å². The normalized spacial score (nSPS) is 24.4. The molecule has 2 aromatic carbocycles. The van der Waals surface area contributed by atoms with E-state index in [-0.39, 0.29) is 80.4 Å². The van der Waals surface area contributed by atoms with Crippen LogP contribution in [0, 0.1) is 23.7 Å². The number of benzene rings is 2. The maximum absolute atomic E-state index is 14.8. The highest BCUT2D eigenvalue weighted by Crippen LogP contribution is 2.36. The topological polar surface area (TPSA) is 259 Å². The zero-order chi connectivity index (χ0) is 73.0. The minimum atomic E-state index is -4.81. The molecule has 4 N–H and O–H groups in total. The van der Waals surface area contributed by atoms with Crippen LogP contribution >= 0.6 is 11.6 Å². The summed E-state index contributed by atoms with van der Waals surface area (Å²) in [4.78, 5) is 168. The average Bonchev–Trinajstić information content (AvgIpc) is 0.794. The zero-order valence-corrected chi connectivity index (χ0v) is 59.0. The standard InChI is InChI=1S/C67H98ClF6N11O11/c1-18-40(8)56-63(95)80(13)36-55(88)85-28-27-50(85)62(94)83(16)52(34-43-19-23-44(24-20-43)66(69,70)71)61(93)79(12)35-53(86)75-47(26-22-42-21-25-45(46(68)33-42)67(72,73)74)57(89)76-49(30-38(4)5)60(92)84(17)65(10,11)64(96)77-48(29-37(2)3)59(91)81(14)41(9)32-54(87)82(15)51(31-39(6)7)58(90)78-56/h19-21,23-25,33,37-41,47-52,56H,18,22,26-32,34-36H2,1-17H3,(H,75,86)(H,76,89)(H,77,96)(H,78,90)/t40-,41+,47-,48-,49-,50?,51-,52-,56-/m0/s1. The van der Waals surface area contributed by atoms with Gasteiger partial charge in [0.05, 0.1) is 29.2 Å². The summed E-state index contributed by atoms with van der Waals surface area (Å²) in [5, 5.41) is 10.3. The van der Waals surface area contributed by atoms with Gasteiger partial charge in [-0.25, -0.2) is 0 Å². The maximum atomic E-state index is 14.8. The van der Waals surface area contributed by atoms with Crippen molar-refractivity contribution in [1.29, 1.82) is 0 Å². The lowest BCUT2D eigenvalue weighted by molar-refractivity contribution is -0.157. The van der Waals surface area contributed by atoms with E-state index in [1.807, 2.05) is 27.7 Å². The van der Waals surface area contributed by atoms with Crippen LogP contribution in [0.25, 0.3) is 0 Å². The third-order valence-electron chi connectivity index (χ3n) is 18.1. The summed E-state index contributed by atoms with van der Waals surface area (Å²) in [7, 11) is 7.99. The first kappa shape index (κ1) is 80.9. The zero-order valence-electron chi connectivity index (χ0n) is 58.2. The monoisotopic (exact) mass is 1380 g/mol. The highest BCUT2D eigenvalue weighted by atomic mass is 35.5. The van der Waals surface area contributed by atoms with Gasteiger partial charge in [-0.2, -0.15) is 26.3 Å². The molecule has 0 aliphatic carbocycles. The van der Waals surface area contributed by atoms with Gasteiger partial charge in [0.1, 0.15) is 47.8 Å². The molecule has 1 unspecified atom stereocenters. The number of carbonyl (C=O) groups is 11. The Labute approximate surface area is 564 Å². The van der Waals surface area contributed by atoms with Gasteiger partial charge in [-0.1, -0.05) is 91.6 Å². The van der Waals surface area contributed by atoms with Gasteiger partial charge in [-0.15, -0.1) is 0 Å². The number of hydrogen-bond acceptors (Lipinski definition) is 11. The molecule has 536 valence electrons. The lowest BCUT2D eigenvalue weighted by Crippen LogP contribution is -2.63. The fraction of sp³-hybridized carbons (Fsp3) is 0.657.